The molecule has 0 atom stereocenters. The van der Waals surface area contributed by atoms with Gasteiger partial charge in [0.25, 0.3) is 0 Å². The fourth-order valence-corrected chi connectivity index (χ4v) is 9.80. The molecule has 0 N–H and O–H groups in total. The number of nitrogens with zero attached hydrogens (tertiary/aromatic N) is 5. The summed E-state index contributed by atoms with van der Waals surface area (Å²) in [5.41, 5.74) is 9.86. The molecule has 0 fully saturated rings. The molecule has 8 aromatic carbocycles. The molecule has 266 valence electrons. The van der Waals surface area contributed by atoms with Gasteiger partial charge >= 0.3 is 0 Å². The van der Waals surface area contributed by atoms with Crippen molar-refractivity contribution < 1.29 is 0 Å². The van der Waals surface area contributed by atoms with E-state index < -0.39 is 0 Å². The first-order valence-corrected chi connectivity index (χ1v) is 19.9. The largest absolute Gasteiger partial charge is 0.278 e. The van der Waals surface area contributed by atoms with Crippen LogP contribution in [0.3, 0.4) is 0 Å². The van der Waals surface area contributed by atoms with Crippen molar-refractivity contribution in [1.29, 1.82) is 0 Å². The van der Waals surface area contributed by atoms with Gasteiger partial charge in [-0.15, -0.1) is 11.3 Å². The number of fused-ring (bicyclic) bond motifs is 10. The lowest BCUT2D eigenvalue weighted by molar-refractivity contribution is 0.894. The van der Waals surface area contributed by atoms with Crippen molar-refractivity contribution in [3.05, 3.63) is 188 Å². The quantitative estimate of drug-likeness (QED) is 0.176. The number of para-hydroxylation sites is 3. The van der Waals surface area contributed by atoms with E-state index in [1.807, 2.05) is 17.4 Å². The minimum absolute atomic E-state index is 0.572. The smallest absolute Gasteiger partial charge is 0.240 e. The zero-order valence-electron chi connectivity index (χ0n) is 30.5. The molecule has 0 aliphatic rings. The average Bonchev–Trinajstić information content (AvgIpc) is 3.95. The Morgan fingerprint density at radius 1 is 0.316 bits per heavy atom. The Morgan fingerprint density at radius 2 is 0.754 bits per heavy atom. The van der Waals surface area contributed by atoms with Crippen LogP contribution >= 0.6 is 11.3 Å². The van der Waals surface area contributed by atoms with Crippen LogP contribution in [-0.4, -0.2) is 24.1 Å². The van der Waals surface area contributed by atoms with Crippen LogP contribution in [0.15, 0.2) is 188 Å². The van der Waals surface area contributed by atoms with Crippen LogP contribution < -0.4 is 0 Å². The lowest BCUT2D eigenvalue weighted by Crippen LogP contribution is -2.10. The molecule has 0 bridgehead atoms. The van der Waals surface area contributed by atoms with Crippen molar-refractivity contribution >= 4 is 75.1 Å². The van der Waals surface area contributed by atoms with Gasteiger partial charge in [-0.3, -0.25) is 9.13 Å². The number of thiophene rings is 1. The second-order valence-corrected chi connectivity index (χ2v) is 15.5. The Morgan fingerprint density at radius 3 is 1.37 bits per heavy atom. The van der Waals surface area contributed by atoms with Crippen LogP contribution in [0.5, 0.6) is 0 Å². The monoisotopic (exact) mass is 745 g/mol. The van der Waals surface area contributed by atoms with Gasteiger partial charge in [0.2, 0.25) is 11.9 Å². The predicted molar refractivity (Wildman–Crippen MR) is 238 cm³/mol. The third-order valence-corrected chi connectivity index (χ3v) is 12.4. The number of benzene rings is 8. The average molecular weight is 746 g/mol. The third-order valence-electron chi connectivity index (χ3n) is 11.2. The molecule has 5 nitrogen and oxygen atoms in total. The van der Waals surface area contributed by atoms with Crippen molar-refractivity contribution in [2.75, 3.05) is 0 Å². The number of aromatic nitrogens is 5. The first-order chi connectivity index (χ1) is 28.3. The maximum atomic E-state index is 5.41. The lowest BCUT2D eigenvalue weighted by atomic mass is 9.99. The van der Waals surface area contributed by atoms with E-state index in [0.29, 0.717) is 17.7 Å². The second-order valence-electron chi connectivity index (χ2n) is 14.4. The molecule has 0 unspecified atom stereocenters. The molecule has 0 saturated carbocycles. The Balaban J connectivity index is 1.10. The van der Waals surface area contributed by atoms with Crippen LogP contribution in [0.4, 0.5) is 0 Å². The summed E-state index contributed by atoms with van der Waals surface area (Å²) in [6, 6.07) is 66.6. The highest BCUT2D eigenvalue weighted by molar-refractivity contribution is 7.26. The molecule has 0 aliphatic heterocycles. The fourth-order valence-electron chi connectivity index (χ4n) is 8.56. The van der Waals surface area contributed by atoms with Crippen LogP contribution in [0.1, 0.15) is 0 Å². The molecule has 4 heterocycles. The zero-order valence-corrected chi connectivity index (χ0v) is 31.4. The van der Waals surface area contributed by atoms with E-state index >= 15 is 0 Å². The number of hydrogen-bond acceptors (Lipinski definition) is 4. The Labute approximate surface area is 331 Å². The second kappa shape index (κ2) is 12.6. The van der Waals surface area contributed by atoms with E-state index in [-0.39, 0.29) is 0 Å². The first kappa shape index (κ1) is 31.9. The Hall–Kier alpha value is -7.41. The van der Waals surface area contributed by atoms with Gasteiger partial charge in [-0.2, -0.15) is 15.0 Å². The number of hydrogen-bond donors (Lipinski definition) is 0. The normalized spacial score (nSPS) is 11.9. The first-order valence-electron chi connectivity index (χ1n) is 19.1. The number of rotatable bonds is 5. The highest BCUT2D eigenvalue weighted by atomic mass is 32.1. The van der Waals surface area contributed by atoms with Crippen molar-refractivity contribution in [3.8, 4) is 45.5 Å². The van der Waals surface area contributed by atoms with E-state index in [0.717, 1.165) is 54.9 Å². The van der Waals surface area contributed by atoms with Crippen molar-refractivity contribution in [2.24, 2.45) is 0 Å². The standard InChI is InChI=1S/C51H31N5S/c1-2-12-32(13-3-1)33-22-24-34(25-23-33)35-26-28-36(29-27-35)49-52-50(55-43-18-8-4-14-37(43)38-15-5-9-19-44(38)55)54-51(53-49)56-45-20-10-6-16-39(45)41-30-31-42-40-17-7-11-21-46(40)57-48(42)47(41)56/h1-31H. The maximum Gasteiger partial charge on any atom is 0.240 e. The van der Waals surface area contributed by atoms with Gasteiger partial charge in [0.1, 0.15) is 0 Å². The summed E-state index contributed by atoms with van der Waals surface area (Å²) < 4.78 is 6.92. The van der Waals surface area contributed by atoms with Crippen LogP contribution in [-0.2, 0) is 0 Å². The van der Waals surface area contributed by atoms with E-state index in [9.17, 15) is 0 Å². The minimum atomic E-state index is 0.572. The molecule has 0 radical (unpaired) electrons. The van der Waals surface area contributed by atoms with Gasteiger partial charge in [0.05, 0.1) is 26.8 Å². The fraction of sp³-hybridized carbons (Fsp3) is 0. The summed E-state index contributed by atoms with van der Waals surface area (Å²) >= 11 is 1.82. The molecule has 12 rings (SSSR count). The van der Waals surface area contributed by atoms with Gasteiger partial charge in [-0.25, -0.2) is 0 Å². The molecular formula is C51H31N5S. The summed E-state index contributed by atoms with van der Waals surface area (Å²) in [6.45, 7) is 0. The molecule has 0 saturated heterocycles. The molecule has 0 amide bonds. The maximum absolute atomic E-state index is 5.41. The minimum Gasteiger partial charge on any atom is -0.278 e. The van der Waals surface area contributed by atoms with Crippen molar-refractivity contribution in [2.45, 2.75) is 0 Å². The topological polar surface area (TPSA) is 48.5 Å². The highest BCUT2D eigenvalue weighted by Crippen LogP contribution is 2.43. The Kier molecular flexibility index (Phi) is 7.03. The highest BCUT2D eigenvalue weighted by Gasteiger charge is 2.22. The van der Waals surface area contributed by atoms with Crippen LogP contribution in [0.2, 0.25) is 0 Å². The zero-order chi connectivity index (χ0) is 37.5. The SMILES string of the molecule is c1ccc(-c2ccc(-c3ccc(-c4nc(-n5c6ccccc6c6ccccc65)nc(-n5c6ccccc6c6ccc7c8ccccc8sc7c65)n4)cc3)cc2)cc1. The van der Waals surface area contributed by atoms with Gasteiger partial charge < -0.3 is 0 Å². The van der Waals surface area contributed by atoms with Crippen molar-refractivity contribution in [1.82, 2.24) is 24.1 Å². The summed E-state index contributed by atoms with van der Waals surface area (Å²) in [6.07, 6.45) is 0. The predicted octanol–water partition coefficient (Wildman–Crippen LogP) is 13.4. The summed E-state index contributed by atoms with van der Waals surface area (Å²) in [7, 11) is 0. The van der Waals surface area contributed by atoms with Gasteiger partial charge in [0.15, 0.2) is 5.82 Å². The van der Waals surface area contributed by atoms with Crippen LogP contribution in [0, 0.1) is 0 Å². The molecule has 4 aromatic heterocycles. The summed E-state index contributed by atoms with van der Waals surface area (Å²) in [4.78, 5) is 16.1. The molecule has 0 aliphatic carbocycles. The lowest BCUT2D eigenvalue weighted by Gasteiger charge is -2.13. The summed E-state index contributed by atoms with van der Waals surface area (Å²) in [5.74, 6) is 1.76. The molecule has 57 heavy (non-hydrogen) atoms. The van der Waals surface area contributed by atoms with Gasteiger partial charge in [-0.1, -0.05) is 164 Å². The summed E-state index contributed by atoms with van der Waals surface area (Å²) in [5, 5.41) is 7.14. The van der Waals surface area contributed by atoms with Crippen LogP contribution in [0.25, 0.3) is 109 Å². The van der Waals surface area contributed by atoms with E-state index in [1.54, 1.807) is 0 Å². The molecule has 0 spiro atoms. The van der Waals surface area contributed by atoms with E-state index in [1.165, 1.54) is 36.7 Å². The molecule has 12 aromatic rings. The van der Waals surface area contributed by atoms with Gasteiger partial charge in [0, 0.05) is 42.6 Å². The van der Waals surface area contributed by atoms with E-state index in [4.69, 9.17) is 15.0 Å². The van der Waals surface area contributed by atoms with Gasteiger partial charge in [-0.05, 0) is 46.5 Å². The molecular weight excluding hydrogens is 715 g/mol. The van der Waals surface area contributed by atoms with Crippen molar-refractivity contribution in [3.63, 3.8) is 0 Å². The Bertz CT molecular complexity index is 3450. The molecule has 6 heteroatoms. The van der Waals surface area contributed by atoms with E-state index in [2.05, 4.69) is 191 Å². The third kappa shape index (κ3) is 4.98.